The first-order valence-electron chi connectivity index (χ1n) is 6.24. The number of anilines is 1. The molecule has 0 amide bonds. The zero-order valence-electron chi connectivity index (χ0n) is 11.0. The minimum atomic E-state index is -0.910. The van der Waals surface area contributed by atoms with E-state index >= 15 is 0 Å². The standard InChI is InChI=1S/C14H21NO3/c1-11(2)6-8-18-9-7-15-13-5-3-4-12(10-13)14(16)17/h3-5,10-11,15H,6-9H2,1-2H3,(H,16,17). The number of aromatic carboxylic acids is 1. The van der Waals surface area contributed by atoms with Gasteiger partial charge in [-0.2, -0.15) is 0 Å². The van der Waals surface area contributed by atoms with Gasteiger partial charge in [0, 0.05) is 18.8 Å². The van der Waals surface area contributed by atoms with E-state index in [0.717, 1.165) is 18.7 Å². The molecule has 100 valence electrons. The lowest BCUT2D eigenvalue weighted by molar-refractivity contribution is 0.0697. The molecule has 4 heteroatoms. The molecule has 0 radical (unpaired) electrons. The van der Waals surface area contributed by atoms with Crippen molar-refractivity contribution in [2.75, 3.05) is 25.1 Å². The molecule has 0 aliphatic rings. The minimum Gasteiger partial charge on any atom is -0.478 e. The van der Waals surface area contributed by atoms with Crippen LogP contribution in [0.1, 0.15) is 30.6 Å². The van der Waals surface area contributed by atoms with Crippen molar-refractivity contribution in [3.8, 4) is 0 Å². The number of nitrogens with one attached hydrogen (secondary N) is 1. The Kier molecular flexibility index (Phi) is 6.22. The lowest BCUT2D eigenvalue weighted by Crippen LogP contribution is -2.11. The van der Waals surface area contributed by atoms with E-state index in [2.05, 4.69) is 19.2 Å². The van der Waals surface area contributed by atoms with E-state index in [4.69, 9.17) is 9.84 Å². The second-order valence-electron chi connectivity index (χ2n) is 4.61. The Bertz CT molecular complexity index is 377. The maximum Gasteiger partial charge on any atom is 0.335 e. The van der Waals surface area contributed by atoms with E-state index in [0.29, 0.717) is 24.6 Å². The van der Waals surface area contributed by atoms with Crippen molar-refractivity contribution < 1.29 is 14.6 Å². The summed E-state index contributed by atoms with van der Waals surface area (Å²) in [6.45, 7) is 6.41. The van der Waals surface area contributed by atoms with Crippen LogP contribution < -0.4 is 5.32 Å². The summed E-state index contributed by atoms with van der Waals surface area (Å²) < 4.78 is 5.47. The molecule has 1 aromatic carbocycles. The number of carboxylic acids is 1. The summed E-state index contributed by atoms with van der Waals surface area (Å²) >= 11 is 0. The summed E-state index contributed by atoms with van der Waals surface area (Å²) in [4.78, 5) is 10.8. The number of carbonyl (C=O) groups is 1. The van der Waals surface area contributed by atoms with Crippen LogP contribution in [0.2, 0.25) is 0 Å². The van der Waals surface area contributed by atoms with Gasteiger partial charge in [0.05, 0.1) is 12.2 Å². The van der Waals surface area contributed by atoms with Crippen LogP contribution in [0.5, 0.6) is 0 Å². The third kappa shape index (κ3) is 5.68. The van der Waals surface area contributed by atoms with Crippen LogP contribution in [-0.2, 0) is 4.74 Å². The van der Waals surface area contributed by atoms with E-state index in [9.17, 15) is 4.79 Å². The fourth-order valence-corrected chi connectivity index (χ4v) is 1.45. The smallest absolute Gasteiger partial charge is 0.335 e. The average Bonchev–Trinajstić information content (AvgIpc) is 2.33. The zero-order chi connectivity index (χ0) is 13.4. The summed E-state index contributed by atoms with van der Waals surface area (Å²) in [5.41, 5.74) is 1.10. The monoisotopic (exact) mass is 251 g/mol. The molecule has 18 heavy (non-hydrogen) atoms. The Morgan fingerprint density at radius 2 is 2.17 bits per heavy atom. The Morgan fingerprint density at radius 3 is 2.83 bits per heavy atom. The molecule has 1 aromatic rings. The lowest BCUT2D eigenvalue weighted by atomic mass is 10.1. The number of hydrogen-bond acceptors (Lipinski definition) is 3. The first-order chi connectivity index (χ1) is 8.59. The van der Waals surface area contributed by atoms with Gasteiger partial charge < -0.3 is 15.2 Å². The van der Waals surface area contributed by atoms with Gasteiger partial charge >= 0.3 is 5.97 Å². The van der Waals surface area contributed by atoms with Crippen molar-refractivity contribution in [3.05, 3.63) is 29.8 Å². The maximum absolute atomic E-state index is 10.8. The second kappa shape index (κ2) is 7.71. The van der Waals surface area contributed by atoms with Gasteiger partial charge in [-0.15, -0.1) is 0 Å². The topological polar surface area (TPSA) is 58.6 Å². The fraction of sp³-hybridized carbons (Fsp3) is 0.500. The van der Waals surface area contributed by atoms with Gasteiger partial charge in [0.15, 0.2) is 0 Å². The number of hydrogen-bond donors (Lipinski definition) is 2. The van der Waals surface area contributed by atoms with Crippen LogP contribution in [-0.4, -0.2) is 30.8 Å². The van der Waals surface area contributed by atoms with Crippen molar-refractivity contribution >= 4 is 11.7 Å². The van der Waals surface area contributed by atoms with Crippen LogP contribution in [0.25, 0.3) is 0 Å². The summed E-state index contributed by atoms with van der Waals surface area (Å²) in [6, 6.07) is 6.77. The van der Waals surface area contributed by atoms with Gasteiger partial charge in [-0.05, 0) is 30.5 Å². The highest BCUT2D eigenvalue weighted by Gasteiger charge is 2.02. The van der Waals surface area contributed by atoms with Gasteiger partial charge in [0.1, 0.15) is 0 Å². The molecule has 0 saturated carbocycles. The highest BCUT2D eigenvalue weighted by molar-refractivity contribution is 5.88. The van der Waals surface area contributed by atoms with Gasteiger partial charge in [-0.25, -0.2) is 4.79 Å². The molecule has 0 saturated heterocycles. The van der Waals surface area contributed by atoms with Crippen LogP contribution in [0, 0.1) is 5.92 Å². The molecule has 0 atom stereocenters. The molecule has 0 unspecified atom stereocenters. The molecule has 1 rings (SSSR count). The molecule has 0 bridgehead atoms. The van der Waals surface area contributed by atoms with Crippen molar-refractivity contribution in [2.45, 2.75) is 20.3 Å². The summed E-state index contributed by atoms with van der Waals surface area (Å²) in [5, 5.41) is 12.0. The molecule has 0 aliphatic carbocycles. The van der Waals surface area contributed by atoms with Crippen molar-refractivity contribution in [1.29, 1.82) is 0 Å². The van der Waals surface area contributed by atoms with E-state index in [1.54, 1.807) is 18.2 Å². The van der Waals surface area contributed by atoms with Crippen LogP contribution in [0.4, 0.5) is 5.69 Å². The van der Waals surface area contributed by atoms with E-state index in [1.165, 1.54) is 0 Å². The fourth-order valence-electron chi connectivity index (χ4n) is 1.45. The van der Waals surface area contributed by atoms with Crippen molar-refractivity contribution in [3.63, 3.8) is 0 Å². The largest absolute Gasteiger partial charge is 0.478 e. The molecule has 2 N–H and O–H groups in total. The van der Waals surface area contributed by atoms with Gasteiger partial charge in [-0.1, -0.05) is 19.9 Å². The van der Waals surface area contributed by atoms with E-state index in [-0.39, 0.29) is 0 Å². The zero-order valence-corrected chi connectivity index (χ0v) is 11.0. The first kappa shape index (κ1) is 14.5. The number of carboxylic acid groups (broad SMARTS) is 1. The average molecular weight is 251 g/mol. The van der Waals surface area contributed by atoms with Crippen LogP contribution in [0.3, 0.4) is 0 Å². The molecule has 0 aliphatic heterocycles. The van der Waals surface area contributed by atoms with Gasteiger partial charge in [0.25, 0.3) is 0 Å². The minimum absolute atomic E-state index is 0.292. The molecular weight excluding hydrogens is 230 g/mol. The van der Waals surface area contributed by atoms with Gasteiger partial charge in [-0.3, -0.25) is 0 Å². The van der Waals surface area contributed by atoms with Gasteiger partial charge in [0.2, 0.25) is 0 Å². The SMILES string of the molecule is CC(C)CCOCCNc1cccc(C(=O)O)c1. The second-order valence-corrected chi connectivity index (χ2v) is 4.61. The Morgan fingerprint density at radius 1 is 1.39 bits per heavy atom. The molecule has 0 heterocycles. The first-order valence-corrected chi connectivity index (χ1v) is 6.24. The van der Waals surface area contributed by atoms with E-state index < -0.39 is 5.97 Å². The van der Waals surface area contributed by atoms with Crippen LogP contribution >= 0.6 is 0 Å². The highest BCUT2D eigenvalue weighted by Crippen LogP contribution is 2.10. The summed E-state index contributed by atoms with van der Waals surface area (Å²) in [5.74, 6) is -0.253. The number of ether oxygens (including phenoxy) is 1. The number of rotatable bonds is 8. The molecule has 4 nitrogen and oxygen atoms in total. The molecule has 0 aromatic heterocycles. The van der Waals surface area contributed by atoms with Crippen molar-refractivity contribution in [2.24, 2.45) is 5.92 Å². The third-order valence-corrected chi connectivity index (χ3v) is 2.52. The van der Waals surface area contributed by atoms with Crippen LogP contribution in [0.15, 0.2) is 24.3 Å². The Hall–Kier alpha value is -1.55. The molecule has 0 fully saturated rings. The number of benzene rings is 1. The summed E-state index contributed by atoms with van der Waals surface area (Å²) in [7, 11) is 0. The van der Waals surface area contributed by atoms with Crippen molar-refractivity contribution in [1.82, 2.24) is 0 Å². The molecular formula is C14H21NO3. The normalized spacial score (nSPS) is 10.6. The maximum atomic E-state index is 10.8. The Labute approximate surface area is 108 Å². The summed E-state index contributed by atoms with van der Waals surface area (Å²) in [6.07, 6.45) is 1.06. The van der Waals surface area contributed by atoms with E-state index in [1.807, 2.05) is 6.07 Å². The lowest BCUT2D eigenvalue weighted by Gasteiger charge is -2.09. The predicted molar refractivity (Wildman–Crippen MR) is 72.2 cm³/mol. The highest BCUT2D eigenvalue weighted by atomic mass is 16.5. The molecule has 0 spiro atoms. The Balaban J connectivity index is 2.23. The third-order valence-electron chi connectivity index (χ3n) is 2.52. The quantitative estimate of drug-likeness (QED) is 0.697. The predicted octanol–water partition coefficient (Wildman–Crippen LogP) is 2.86.